The fraction of sp³-hybridized carbons (Fsp3) is 0.710. The number of carbonyl (C=O) groups excluding carboxylic acids is 1. The van der Waals surface area contributed by atoms with Crippen LogP contribution in [0.1, 0.15) is 120 Å². The quantitative estimate of drug-likeness (QED) is 0.260. The Hall–Kier alpha value is -1.37. The smallest absolute Gasteiger partial charge is 0.136 e. The number of hydrogen-bond donors (Lipinski definition) is 0. The molecule has 0 saturated heterocycles. The predicted molar refractivity (Wildman–Crippen MR) is 143 cm³/mol. The predicted octanol–water partition coefficient (Wildman–Crippen LogP) is 9.80. The lowest BCUT2D eigenvalue weighted by Gasteiger charge is -2.34. The van der Waals surface area contributed by atoms with Crippen LogP contribution in [0.3, 0.4) is 0 Å². The summed E-state index contributed by atoms with van der Waals surface area (Å²) < 4.78 is 0. The lowest BCUT2D eigenvalue weighted by atomic mass is 9.70. The minimum Gasteiger partial charge on any atom is -0.299 e. The average molecular weight is 441 g/mol. The van der Waals surface area contributed by atoms with E-state index < -0.39 is 0 Å². The lowest BCUT2D eigenvalue weighted by molar-refractivity contribution is -0.125. The number of Topliss-reactive ketones (excluding diaryl/α,β-unsaturated/α-hetero) is 1. The summed E-state index contributed by atoms with van der Waals surface area (Å²) >= 11 is 0. The zero-order chi connectivity index (χ0) is 24.1. The summed E-state index contributed by atoms with van der Waals surface area (Å²) in [7, 11) is 0. The van der Waals surface area contributed by atoms with Gasteiger partial charge < -0.3 is 0 Å². The first-order chi connectivity index (χ1) is 15.1. The first kappa shape index (κ1) is 28.7. The number of ketones is 1. The number of carbonyl (C=O) groups is 1. The maximum absolute atomic E-state index is 12.9. The van der Waals surface area contributed by atoms with Gasteiger partial charge in [0, 0.05) is 12.3 Å². The molecule has 2 atom stereocenters. The molecule has 0 heterocycles. The van der Waals surface area contributed by atoms with Crippen molar-refractivity contribution < 1.29 is 4.79 Å². The van der Waals surface area contributed by atoms with Gasteiger partial charge in [0.15, 0.2) is 0 Å². The van der Waals surface area contributed by atoms with E-state index in [4.69, 9.17) is 0 Å². The van der Waals surface area contributed by atoms with Gasteiger partial charge >= 0.3 is 0 Å². The second kappa shape index (κ2) is 15.5. The van der Waals surface area contributed by atoms with Crippen molar-refractivity contribution in [3.05, 3.63) is 46.6 Å². The molecule has 1 nitrogen and oxygen atoms in total. The monoisotopic (exact) mass is 440 g/mol. The highest BCUT2D eigenvalue weighted by molar-refractivity contribution is 5.81. The van der Waals surface area contributed by atoms with Crippen LogP contribution in [0.2, 0.25) is 0 Å². The van der Waals surface area contributed by atoms with E-state index in [0.717, 1.165) is 57.8 Å². The van der Waals surface area contributed by atoms with Gasteiger partial charge in [0.05, 0.1) is 0 Å². The zero-order valence-corrected chi connectivity index (χ0v) is 22.6. The van der Waals surface area contributed by atoms with Crippen LogP contribution in [0.25, 0.3) is 0 Å². The average Bonchev–Trinajstić information content (AvgIpc) is 2.69. The fourth-order valence-electron chi connectivity index (χ4n) is 4.90. The second-order valence-electron chi connectivity index (χ2n) is 11.4. The summed E-state index contributed by atoms with van der Waals surface area (Å²) in [5.41, 5.74) is 5.82. The van der Waals surface area contributed by atoms with Crippen molar-refractivity contribution in [1.29, 1.82) is 0 Å². The third kappa shape index (κ3) is 13.2. The Morgan fingerprint density at radius 2 is 1.16 bits per heavy atom. The molecular weight excluding hydrogens is 388 g/mol. The van der Waals surface area contributed by atoms with E-state index in [1.54, 1.807) is 0 Å². The molecule has 0 aromatic heterocycles. The molecule has 1 aliphatic rings. The van der Waals surface area contributed by atoms with Gasteiger partial charge in [0.2, 0.25) is 0 Å². The van der Waals surface area contributed by atoms with Gasteiger partial charge in [-0.3, -0.25) is 4.79 Å². The summed E-state index contributed by atoms with van der Waals surface area (Å²) in [4.78, 5) is 12.9. The third-order valence-electron chi connectivity index (χ3n) is 6.75. The lowest BCUT2D eigenvalue weighted by Crippen LogP contribution is -2.28. The zero-order valence-electron chi connectivity index (χ0n) is 22.6. The molecule has 1 saturated carbocycles. The van der Waals surface area contributed by atoms with Crippen LogP contribution in [0.5, 0.6) is 0 Å². The van der Waals surface area contributed by atoms with Crippen molar-refractivity contribution in [3.8, 4) is 0 Å². The molecule has 32 heavy (non-hydrogen) atoms. The van der Waals surface area contributed by atoms with Gasteiger partial charge in [-0.2, -0.15) is 0 Å². The SMILES string of the molecule is CC(C)=CCCC(C)=CCC1CC(CC=C(C)CCC=C(C)C)CC(C(=O)CC(C)C)C1. The molecule has 0 bridgehead atoms. The maximum Gasteiger partial charge on any atom is 0.136 e. The van der Waals surface area contributed by atoms with E-state index in [2.05, 4.69) is 79.7 Å². The van der Waals surface area contributed by atoms with Crippen LogP contribution in [-0.2, 0) is 4.79 Å². The number of hydrogen-bond acceptors (Lipinski definition) is 1. The van der Waals surface area contributed by atoms with E-state index in [9.17, 15) is 4.79 Å². The Morgan fingerprint density at radius 1 is 0.719 bits per heavy atom. The first-order valence-corrected chi connectivity index (χ1v) is 13.2. The van der Waals surface area contributed by atoms with Gasteiger partial charge in [0.1, 0.15) is 5.78 Å². The van der Waals surface area contributed by atoms with Crippen molar-refractivity contribution in [3.63, 3.8) is 0 Å². The topological polar surface area (TPSA) is 17.1 Å². The summed E-state index contributed by atoms with van der Waals surface area (Å²) in [5.74, 6) is 2.58. The molecule has 0 aliphatic heterocycles. The Bertz CT molecular complexity index is 629. The molecule has 0 aromatic rings. The van der Waals surface area contributed by atoms with Crippen molar-refractivity contribution in [2.75, 3.05) is 0 Å². The normalized spacial score (nSPS) is 22.1. The second-order valence-corrected chi connectivity index (χ2v) is 11.4. The highest BCUT2D eigenvalue weighted by Crippen LogP contribution is 2.39. The van der Waals surface area contributed by atoms with Crippen LogP contribution in [-0.4, -0.2) is 5.78 Å². The van der Waals surface area contributed by atoms with E-state index >= 15 is 0 Å². The Balaban J connectivity index is 2.75. The molecule has 0 aromatic carbocycles. The van der Waals surface area contributed by atoms with Crippen molar-refractivity contribution in [2.24, 2.45) is 23.7 Å². The largest absolute Gasteiger partial charge is 0.299 e. The highest BCUT2D eigenvalue weighted by Gasteiger charge is 2.31. The summed E-state index contributed by atoms with van der Waals surface area (Å²) in [6, 6.07) is 0. The van der Waals surface area contributed by atoms with Crippen molar-refractivity contribution >= 4 is 5.78 Å². The molecule has 0 spiro atoms. The standard InChI is InChI=1S/C31H52O/c1-23(2)11-9-13-26(7)15-17-28-20-29(18-16-27(8)14-10-12-24(3)4)22-30(21-28)31(32)19-25(5)6/h11-12,15-16,25,28-30H,9-10,13-14,17-22H2,1-8H3. The molecule has 1 fully saturated rings. The van der Waals surface area contributed by atoms with Gasteiger partial charge in [0.25, 0.3) is 0 Å². The molecule has 0 amide bonds. The van der Waals surface area contributed by atoms with Crippen LogP contribution >= 0.6 is 0 Å². The van der Waals surface area contributed by atoms with E-state index in [1.165, 1.54) is 28.7 Å². The van der Waals surface area contributed by atoms with E-state index in [1.807, 2.05) is 0 Å². The van der Waals surface area contributed by atoms with Gasteiger partial charge in [-0.1, -0.05) is 60.4 Å². The molecule has 0 N–H and O–H groups in total. The number of allylic oxidation sites excluding steroid dienone is 8. The first-order valence-electron chi connectivity index (χ1n) is 13.2. The van der Waals surface area contributed by atoms with Crippen LogP contribution in [0.15, 0.2) is 46.6 Å². The van der Waals surface area contributed by atoms with Gasteiger partial charge in [-0.15, -0.1) is 0 Å². The maximum atomic E-state index is 12.9. The summed E-state index contributed by atoms with van der Waals surface area (Å²) in [6.07, 6.45) is 20.7. The van der Waals surface area contributed by atoms with Crippen molar-refractivity contribution in [1.82, 2.24) is 0 Å². The fourth-order valence-corrected chi connectivity index (χ4v) is 4.90. The Kier molecular flexibility index (Phi) is 13.9. The van der Waals surface area contributed by atoms with Gasteiger partial charge in [-0.05, 0) is 117 Å². The van der Waals surface area contributed by atoms with Crippen molar-refractivity contribution in [2.45, 2.75) is 120 Å². The van der Waals surface area contributed by atoms with Gasteiger partial charge in [-0.25, -0.2) is 0 Å². The van der Waals surface area contributed by atoms with Crippen LogP contribution in [0.4, 0.5) is 0 Å². The Morgan fingerprint density at radius 3 is 1.53 bits per heavy atom. The summed E-state index contributed by atoms with van der Waals surface area (Å²) in [5, 5.41) is 0. The molecule has 182 valence electrons. The molecule has 1 rings (SSSR count). The molecular formula is C31H52O. The minimum absolute atomic E-state index is 0.278. The minimum atomic E-state index is 0.278. The Labute approximate surface area is 200 Å². The highest BCUT2D eigenvalue weighted by atomic mass is 16.1. The molecule has 1 heteroatoms. The number of rotatable bonds is 13. The molecule has 1 aliphatic carbocycles. The van der Waals surface area contributed by atoms with Crippen LogP contribution in [0, 0.1) is 23.7 Å². The van der Waals surface area contributed by atoms with E-state index in [-0.39, 0.29) is 5.92 Å². The van der Waals surface area contributed by atoms with Crippen LogP contribution < -0.4 is 0 Å². The van der Waals surface area contributed by atoms with E-state index in [0.29, 0.717) is 23.5 Å². The molecule has 0 radical (unpaired) electrons. The molecule has 2 unspecified atom stereocenters. The summed E-state index contributed by atoms with van der Waals surface area (Å²) in [6.45, 7) is 17.6. The third-order valence-corrected chi connectivity index (χ3v) is 6.75.